The highest BCUT2D eigenvalue weighted by atomic mass is 35.5. The van der Waals surface area contributed by atoms with E-state index in [4.69, 9.17) is 27.1 Å². The average Bonchev–Trinajstić information content (AvgIpc) is 3.31. The van der Waals surface area contributed by atoms with E-state index in [9.17, 15) is 0 Å². The molecule has 2 heterocycles. The van der Waals surface area contributed by atoms with E-state index in [1.54, 1.807) is 6.20 Å². The number of ether oxygens (including phenoxy) is 1. The third kappa shape index (κ3) is 2.97. The second kappa shape index (κ2) is 5.74. The highest BCUT2D eigenvalue weighted by Crippen LogP contribution is 2.40. The molecular formula is C17H17ClN4O. The Morgan fingerprint density at radius 1 is 1.30 bits per heavy atom. The van der Waals surface area contributed by atoms with Gasteiger partial charge < -0.3 is 15.0 Å². The molecule has 2 N–H and O–H groups in total. The van der Waals surface area contributed by atoms with Gasteiger partial charge in [-0.1, -0.05) is 17.7 Å². The molecule has 4 rings (SSSR count). The lowest BCUT2D eigenvalue weighted by atomic mass is 10.3. The molecule has 0 unspecified atom stereocenters. The Kier molecular flexibility index (Phi) is 3.58. The van der Waals surface area contributed by atoms with Crippen LogP contribution in [0.2, 0.25) is 5.02 Å². The van der Waals surface area contributed by atoms with Crippen LogP contribution in [0.5, 0.6) is 5.75 Å². The Bertz CT molecular complexity index is 857. The third-order valence-electron chi connectivity index (χ3n) is 3.97. The number of nitrogen functional groups attached to an aromatic ring is 1. The van der Waals surface area contributed by atoms with Crippen LogP contribution < -0.4 is 10.5 Å². The molecular weight excluding hydrogens is 312 g/mol. The molecule has 1 aromatic carbocycles. The molecule has 1 aliphatic rings. The first-order chi connectivity index (χ1) is 11.2. The molecule has 2 aromatic heterocycles. The maximum absolute atomic E-state index is 6.03. The van der Waals surface area contributed by atoms with Gasteiger partial charge in [0.05, 0.1) is 11.6 Å². The molecule has 0 aliphatic heterocycles. The molecule has 118 valence electrons. The van der Waals surface area contributed by atoms with Gasteiger partial charge in [0.1, 0.15) is 23.7 Å². The minimum atomic E-state index is 0.537. The molecule has 0 atom stereocenters. The van der Waals surface area contributed by atoms with Gasteiger partial charge in [-0.25, -0.2) is 9.97 Å². The van der Waals surface area contributed by atoms with Crippen LogP contribution in [0, 0.1) is 0 Å². The molecule has 1 aliphatic carbocycles. The predicted molar refractivity (Wildman–Crippen MR) is 90.9 cm³/mol. The van der Waals surface area contributed by atoms with Gasteiger partial charge >= 0.3 is 0 Å². The molecule has 1 fully saturated rings. The molecule has 5 nitrogen and oxygen atoms in total. The minimum absolute atomic E-state index is 0.537. The van der Waals surface area contributed by atoms with Gasteiger partial charge in [-0.05, 0) is 31.0 Å². The van der Waals surface area contributed by atoms with Crippen molar-refractivity contribution in [2.75, 3.05) is 12.3 Å². The number of anilines is 1. The van der Waals surface area contributed by atoms with E-state index in [1.807, 2.05) is 30.3 Å². The number of benzene rings is 1. The number of hydrogen-bond acceptors (Lipinski definition) is 4. The van der Waals surface area contributed by atoms with E-state index < -0.39 is 0 Å². The summed E-state index contributed by atoms with van der Waals surface area (Å²) in [7, 11) is 0. The van der Waals surface area contributed by atoms with Crippen LogP contribution in [0.25, 0.3) is 11.2 Å². The van der Waals surface area contributed by atoms with Gasteiger partial charge in [0.2, 0.25) is 0 Å². The molecule has 3 aromatic rings. The molecule has 0 saturated heterocycles. The van der Waals surface area contributed by atoms with Crippen molar-refractivity contribution in [3.05, 3.63) is 47.4 Å². The number of imidazole rings is 1. The molecule has 0 amide bonds. The topological polar surface area (TPSA) is 66.0 Å². The summed E-state index contributed by atoms with van der Waals surface area (Å²) in [5.74, 6) is 2.40. The quantitative estimate of drug-likeness (QED) is 0.726. The van der Waals surface area contributed by atoms with Crippen LogP contribution in [-0.2, 0) is 6.54 Å². The van der Waals surface area contributed by atoms with Crippen molar-refractivity contribution in [1.29, 1.82) is 0 Å². The van der Waals surface area contributed by atoms with Crippen molar-refractivity contribution in [3.63, 3.8) is 0 Å². The van der Waals surface area contributed by atoms with Gasteiger partial charge in [-0.15, -0.1) is 0 Å². The van der Waals surface area contributed by atoms with Crippen LogP contribution in [-0.4, -0.2) is 21.1 Å². The van der Waals surface area contributed by atoms with E-state index >= 15 is 0 Å². The van der Waals surface area contributed by atoms with Crippen LogP contribution in [0.3, 0.4) is 0 Å². The monoisotopic (exact) mass is 328 g/mol. The molecule has 0 spiro atoms. The molecule has 0 bridgehead atoms. The van der Waals surface area contributed by atoms with Gasteiger partial charge in [-0.3, -0.25) is 0 Å². The second-order valence-electron chi connectivity index (χ2n) is 5.81. The molecule has 6 heteroatoms. The van der Waals surface area contributed by atoms with Crippen molar-refractivity contribution in [3.8, 4) is 5.75 Å². The van der Waals surface area contributed by atoms with Gasteiger partial charge in [0, 0.05) is 23.9 Å². The smallest absolute Gasteiger partial charge is 0.160 e. The SMILES string of the molecule is Nc1cccc(OCCn2c(C3CC3)nc3cc(Cl)cnc32)c1. The molecule has 1 saturated carbocycles. The first kappa shape index (κ1) is 14.3. The van der Waals surface area contributed by atoms with Crippen molar-refractivity contribution in [1.82, 2.24) is 14.5 Å². The van der Waals surface area contributed by atoms with Gasteiger partial charge in [0.25, 0.3) is 0 Å². The normalized spacial score (nSPS) is 14.3. The maximum atomic E-state index is 6.03. The van der Waals surface area contributed by atoms with Crippen molar-refractivity contribution in [2.45, 2.75) is 25.3 Å². The van der Waals surface area contributed by atoms with Crippen LogP contribution in [0.15, 0.2) is 36.5 Å². The number of nitrogens with zero attached hydrogens (tertiary/aromatic N) is 3. The van der Waals surface area contributed by atoms with Crippen molar-refractivity contribution < 1.29 is 4.74 Å². The maximum Gasteiger partial charge on any atom is 0.160 e. The average molecular weight is 329 g/mol. The fourth-order valence-electron chi connectivity index (χ4n) is 2.74. The fraction of sp³-hybridized carbons (Fsp3) is 0.294. The zero-order valence-electron chi connectivity index (χ0n) is 12.6. The first-order valence-electron chi connectivity index (χ1n) is 7.71. The standard InChI is InChI=1S/C17H17ClN4O/c18-12-8-15-17(20-10-12)22(16(21-15)11-4-5-11)6-7-23-14-3-1-2-13(19)9-14/h1-3,8-11H,4-7,19H2. The number of hydrogen-bond donors (Lipinski definition) is 1. The summed E-state index contributed by atoms with van der Waals surface area (Å²) in [4.78, 5) is 9.16. The second-order valence-corrected chi connectivity index (χ2v) is 6.25. The van der Waals surface area contributed by atoms with Crippen LogP contribution >= 0.6 is 11.6 Å². The van der Waals surface area contributed by atoms with E-state index in [1.165, 1.54) is 12.8 Å². The number of halogens is 1. The van der Waals surface area contributed by atoms with E-state index in [-0.39, 0.29) is 0 Å². The summed E-state index contributed by atoms with van der Waals surface area (Å²) in [5, 5.41) is 0.612. The molecule has 0 radical (unpaired) electrons. The zero-order valence-corrected chi connectivity index (χ0v) is 13.3. The lowest BCUT2D eigenvalue weighted by molar-refractivity contribution is 0.298. The highest BCUT2D eigenvalue weighted by Gasteiger charge is 2.29. The summed E-state index contributed by atoms with van der Waals surface area (Å²) in [5.41, 5.74) is 8.19. The predicted octanol–water partition coefficient (Wildman–Crippen LogP) is 3.62. The summed E-state index contributed by atoms with van der Waals surface area (Å²) in [6.45, 7) is 1.24. The van der Waals surface area contributed by atoms with Gasteiger partial charge in [0.15, 0.2) is 5.65 Å². The van der Waals surface area contributed by atoms with E-state index in [0.29, 0.717) is 29.8 Å². The number of nitrogens with two attached hydrogens (primary N) is 1. The van der Waals surface area contributed by atoms with Gasteiger partial charge in [-0.2, -0.15) is 0 Å². The summed E-state index contributed by atoms with van der Waals surface area (Å²) < 4.78 is 7.95. The summed E-state index contributed by atoms with van der Waals surface area (Å²) >= 11 is 6.03. The Balaban J connectivity index is 1.56. The summed E-state index contributed by atoms with van der Waals surface area (Å²) in [6.07, 6.45) is 4.04. The van der Waals surface area contributed by atoms with E-state index in [0.717, 1.165) is 22.7 Å². The summed E-state index contributed by atoms with van der Waals surface area (Å²) in [6, 6.07) is 9.32. The van der Waals surface area contributed by atoms with Crippen LogP contribution in [0.1, 0.15) is 24.6 Å². The Labute approximate surface area is 139 Å². The number of pyridine rings is 1. The molecule has 23 heavy (non-hydrogen) atoms. The minimum Gasteiger partial charge on any atom is -0.492 e. The largest absolute Gasteiger partial charge is 0.492 e. The van der Waals surface area contributed by atoms with Crippen molar-refractivity contribution in [2.24, 2.45) is 0 Å². The van der Waals surface area contributed by atoms with Crippen LogP contribution in [0.4, 0.5) is 5.69 Å². The van der Waals surface area contributed by atoms with E-state index in [2.05, 4.69) is 9.55 Å². The lowest BCUT2D eigenvalue weighted by Gasteiger charge is -2.10. The highest BCUT2D eigenvalue weighted by molar-refractivity contribution is 6.31. The fourth-order valence-corrected chi connectivity index (χ4v) is 2.89. The number of fused-ring (bicyclic) bond motifs is 1. The first-order valence-corrected chi connectivity index (χ1v) is 8.08. The Morgan fingerprint density at radius 2 is 2.17 bits per heavy atom. The Morgan fingerprint density at radius 3 is 2.96 bits per heavy atom. The third-order valence-corrected chi connectivity index (χ3v) is 4.17. The lowest BCUT2D eigenvalue weighted by Crippen LogP contribution is -2.11. The number of aromatic nitrogens is 3. The zero-order chi connectivity index (χ0) is 15.8. The van der Waals surface area contributed by atoms with Crippen molar-refractivity contribution >= 4 is 28.5 Å². The number of rotatable bonds is 5. The Hall–Kier alpha value is -2.27.